The SMILES string of the molecule is CCOc1ccc(CN2CCN(Cc3[nH]c4ccc(OC)cc4c3C)C[C@H]2CCO)cc1. The van der Waals surface area contributed by atoms with Gasteiger partial charge in [-0.1, -0.05) is 12.1 Å². The van der Waals surface area contributed by atoms with Gasteiger partial charge in [0.25, 0.3) is 0 Å². The summed E-state index contributed by atoms with van der Waals surface area (Å²) in [5, 5.41) is 10.9. The summed E-state index contributed by atoms with van der Waals surface area (Å²) in [5.74, 6) is 1.80. The molecule has 4 rings (SSSR count). The Bertz CT molecular complexity index is 1020. The predicted octanol–water partition coefficient (Wildman–Crippen LogP) is 3.95. The zero-order valence-corrected chi connectivity index (χ0v) is 19.4. The van der Waals surface area contributed by atoms with Gasteiger partial charge in [0.1, 0.15) is 11.5 Å². The molecule has 1 fully saturated rings. The molecule has 1 aromatic heterocycles. The van der Waals surface area contributed by atoms with Crippen LogP contribution in [0.2, 0.25) is 0 Å². The second kappa shape index (κ2) is 10.4. The van der Waals surface area contributed by atoms with Gasteiger partial charge in [-0.05, 0) is 61.7 Å². The van der Waals surface area contributed by atoms with Crippen molar-refractivity contribution in [2.45, 2.75) is 39.4 Å². The molecule has 6 heteroatoms. The van der Waals surface area contributed by atoms with Gasteiger partial charge in [-0.25, -0.2) is 0 Å². The fraction of sp³-hybridized carbons (Fsp3) is 0.462. The number of ether oxygens (including phenoxy) is 2. The molecule has 0 aliphatic carbocycles. The standard InChI is InChI=1S/C26H35N3O3/c1-4-32-22-7-5-20(6-8-22)16-29-13-12-28(17-21(29)11-14-30)18-26-19(2)24-15-23(31-3)9-10-25(24)27-26/h5-10,15,21,27,30H,4,11-14,16-18H2,1-3H3/t21-/m1/s1. The summed E-state index contributed by atoms with van der Waals surface area (Å²) in [5.41, 5.74) is 4.98. The Kier molecular flexibility index (Phi) is 7.35. The number of methoxy groups -OCH3 is 1. The van der Waals surface area contributed by atoms with Crippen LogP contribution in [-0.4, -0.2) is 65.9 Å². The lowest BCUT2D eigenvalue weighted by atomic mass is 10.1. The highest BCUT2D eigenvalue weighted by Gasteiger charge is 2.27. The van der Waals surface area contributed by atoms with Crippen molar-refractivity contribution in [3.05, 3.63) is 59.3 Å². The number of aliphatic hydroxyl groups is 1. The van der Waals surface area contributed by atoms with Crippen LogP contribution in [0.4, 0.5) is 0 Å². The largest absolute Gasteiger partial charge is 0.497 e. The van der Waals surface area contributed by atoms with Gasteiger partial charge in [-0.15, -0.1) is 0 Å². The first-order chi connectivity index (χ1) is 15.6. The highest BCUT2D eigenvalue weighted by Crippen LogP contribution is 2.27. The first kappa shape index (κ1) is 22.6. The van der Waals surface area contributed by atoms with Gasteiger partial charge in [0.05, 0.1) is 13.7 Å². The number of fused-ring (bicyclic) bond motifs is 1. The quantitative estimate of drug-likeness (QED) is 0.531. The first-order valence-electron chi connectivity index (χ1n) is 11.6. The molecule has 3 aromatic rings. The van der Waals surface area contributed by atoms with Crippen molar-refractivity contribution in [3.63, 3.8) is 0 Å². The second-order valence-electron chi connectivity index (χ2n) is 8.59. The minimum atomic E-state index is 0.212. The number of benzene rings is 2. The minimum absolute atomic E-state index is 0.212. The third-order valence-corrected chi connectivity index (χ3v) is 6.52. The van der Waals surface area contributed by atoms with Gasteiger partial charge < -0.3 is 19.6 Å². The Labute approximate surface area is 190 Å². The Morgan fingerprint density at radius 1 is 1.06 bits per heavy atom. The van der Waals surface area contributed by atoms with Crippen LogP contribution in [0, 0.1) is 6.92 Å². The number of aromatic nitrogens is 1. The fourth-order valence-corrected chi connectivity index (χ4v) is 4.69. The molecule has 0 saturated carbocycles. The molecule has 0 unspecified atom stereocenters. The summed E-state index contributed by atoms with van der Waals surface area (Å²) < 4.78 is 11.0. The van der Waals surface area contributed by atoms with Crippen LogP contribution in [0.1, 0.15) is 30.2 Å². The zero-order chi connectivity index (χ0) is 22.5. The molecule has 2 N–H and O–H groups in total. The van der Waals surface area contributed by atoms with Gasteiger partial charge in [0.15, 0.2) is 0 Å². The van der Waals surface area contributed by atoms with E-state index in [0.29, 0.717) is 12.6 Å². The number of piperazine rings is 1. The monoisotopic (exact) mass is 437 g/mol. The number of aliphatic hydroxyl groups excluding tert-OH is 1. The molecule has 0 spiro atoms. The van der Waals surface area contributed by atoms with E-state index in [0.717, 1.165) is 56.2 Å². The third-order valence-electron chi connectivity index (χ3n) is 6.52. The lowest BCUT2D eigenvalue weighted by Crippen LogP contribution is -2.52. The molecule has 0 bridgehead atoms. The fourth-order valence-electron chi connectivity index (χ4n) is 4.69. The van der Waals surface area contributed by atoms with Crippen molar-refractivity contribution in [1.29, 1.82) is 0 Å². The average Bonchev–Trinajstić information content (AvgIpc) is 3.11. The number of aryl methyl sites for hydroxylation is 1. The number of rotatable bonds is 9. The summed E-state index contributed by atoms with van der Waals surface area (Å²) in [6, 6.07) is 14.9. The zero-order valence-electron chi connectivity index (χ0n) is 19.4. The van der Waals surface area contributed by atoms with E-state index in [1.807, 2.05) is 25.1 Å². The molecule has 1 aliphatic heterocycles. The van der Waals surface area contributed by atoms with Crippen molar-refractivity contribution in [3.8, 4) is 11.5 Å². The normalized spacial score (nSPS) is 17.7. The van der Waals surface area contributed by atoms with E-state index in [1.54, 1.807) is 7.11 Å². The van der Waals surface area contributed by atoms with Crippen molar-refractivity contribution in [1.82, 2.24) is 14.8 Å². The van der Waals surface area contributed by atoms with Gasteiger partial charge in [-0.3, -0.25) is 9.80 Å². The molecule has 1 atom stereocenters. The Morgan fingerprint density at radius 2 is 1.84 bits per heavy atom. The van der Waals surface area contributed by atoms with Crippen LogP contribution >= 0.6 is 0 Å². The summed E-state index contributed by atoms with van der Waals surface area (Å²) in [7, 11) is 1.71. The highest BCUT2D eigenvalue weighted by molar-refractivity contribution is 5.85. The molecule has 172 valence electrons. The maximum Gasteiger partial charge on any atom is 0.119 e. The summed E-state index contributed by atoms with van der Waals surface area (Å²) >= 11 is 0. The summed E-state index contributed by atoms with van der Waals surface area (Å²) in [4.78, 5) is 8.61. The van der Waals surface area contributed by atoms with Crippen LogP contribution in [-0.2, 0) is 13.1 Å². The van der Waals surface area contributed by atoms with E-state index >= 15 is 0 Å². The smallest absolute Gasteiger partial charge is 0.119 e. The third kappa shape index (κ3) is 5.09. The van der Waals surface area contributed by atoms with E-state index < -0.39 is 0 Å². The Balaban J connectivity index is 1.42. The van der Waals surface area contributed by atoms with Crippen LogP contribution in [0.15, 0.2) is 42.5 Å². The van der Waals surface area contributed by atoms with Crippen LogP contribution in [0.25, 0.3) is 10.9 Å². The van der Waals surface area contributed by atoms with Gasteiger partial charge in [0, 0.05) is 62.0 Å². The maximum absolute atomic E-state index is 9.68. The van der Waals surface area contributed by atoms with Crippen molar-refractivity contribution in [2.24, 2.45) is 0 Å². The number of nitrogens with zero attached hydrogens (tertiary/aromatic N) is 2. The molecule has 2 heterocycles. The van der Waals surface area contributed by atoms with E-state index in [1.165, 1.54) is 22.2 Å². The van der Waals surface area contributed by atoms with E-state index in [-0.39, 0.29) is 6.61 Å². The number of nitrogens with one attached hydrogen (secondary N) is 1. The molecule has 0 radical (unpaired) electrons. The van der Waals surface area contributed by atoms with Crippen LogP contribution < -0.4 is 9.47 Å². The van der Waals surface area contributed by atoms with Crippen LogP contribution in [0.3, 0.4) is 0 Å². The Hall–Kier alpha value is -2.54. The lowest BCUT2D eigenvalue weighted by Gasteiger charge is -2.41. The molecule has 0 amide bonds. The first-order valence-corrected chi connectivity index (χ1v) is 11.6. The molecular weight excluding hydrogens is 402 g/mol. The minimum Gasteiger partial charge on any atom is -0.497 e. The average molecular weight is 438 g/mol. The molecule has 1 saturated heterocycles. The molecule has 6 nitrogen and oxygen atoms in total. The van der Waals surface area contributed by atoms with Gasteiger partial charge >= 0.3 is 0 Å². The lowest BCUT2D eigenvalue weighted by molar-refractivity contribution is 0.0494. The van der Waals surface area contributed by atoms with Crippen molar-refractivity contribution >= 4 is 10.9 Å². The van der Waals surface area contributed by atoms with E-state index in [4.69, 9.17) is 9.47 Å². The predicted molar refractivity (Wildman–Crippen MR) is 128 cm³/mol. The molecular formula is C26H35N3O3. The number of hydrogen-bond donors (Lipinski definition) is 2. The summed E-state index contributed by atoms with van der Waals surface area (Å²) in [6.45, 7) is 9.82. The second-order valence-corrected chi connectivity index (χ2v) is 8.59. The van der Waals surface area contributed by atoms with Gasteiger partial charge in [0.2, 0.25) is 0 Å². The summed E-state index contributed by atoms with van der Waals surface area (Å²) in [6.07, 6.45) is 0.788. The number of hydrogen-bond acceptors (Lipinski definition) is 5. The highest BCUT2D eigenvalue weighted by atomic mass is 16.5. The van der Waals surface area contributed by atoms with Crippen molar-refractivity contribution in [2.75, 3.05) is 40.0 Å². The molecule has 2 aromatic carbocycles. The van der Waals surface area contributed by atoms with E-state index in [9.17, 15) is 5.11 Å². The molecule has 32 heavy (non-hydrogen) atoms. The van der Waals surface area contributed by atoms with Crippen molar-refractivity contribution < 1.29 is 14.6 Å². The topological polar surface area (TPSA) is 61.0 Å². The molecule has 1 aliphatic rings. The van der Waals surface area contributed by atoms with Gasteiger partial charge in [-0.2, -0.15) is 0 Å². The van der Waals surface area contributed by atoms with Crippen LogP contribution in [0.5, 0.6) is 11.5 Å². The maximum atomic E-state index is 9.68. The van der Waals surface area contributed by atoms with E-state index in [2.05, 4.69) is 46.0 Å². The Morgan fingerprint density at radius 3 is 2.56 bits per heavy atom. The number of aromatic amines is 1. The number of H-pyrrole nitrogens is 1.